The van der Waals surface area contributed by atoms with E-state index >= 15 is 0 Å². The molecule has 4 fully saturated rings. The number of methoxy groups -OCH3 is 1. The smallest absolute Gasteiger partial charge is 0.266 e. The zero-order valence-corrected chi connectivity index (χ0v) is 35.4. The van der Waals surface area contributed by atoms with E-state index in [1.165, 1.54) is 56.7 Å². The predicted molar refractivity (Wildman–Crippen MR) is 236 cm³/mol. The van der Waals surface area contributed by atoms with Crippen LogP contribution in [0.4, 0.5) is 4.39 Å². The van der Waals surface area contributed by atoms with Gasteiger partial charge in [0, 0.05) is 44.3 Å². The number of hydrogen-bond acceptors (Lipinski definition) is 9. The molecule has 2 aromatic heterocycles. The zero-order valence-electron chi connectivity index (χ0n) is 35.4. The highest BCUT2D eigenvalue weighted by Crippen LogP contribution is 2.31. The normalized spacial score (nSPS) is 18.3. The average Bonchev–Trinajstić information content (AvgIpc) is 3.22. The number of halogens is 1. The first-order valence-corrected chi connectivity index (χ1v) is 22.0. The largest absolute Gasteiger partial charge is 0.497 e. The number of fused-ring (bicyclic) bond motifs is 2. The van der Waals surface area contributed by atoms with Crippen molar-refractivity contribution in [1.82, 2.24) is 28.9 Å². The molecule has 0 unspecified atom stereocenters. The first-order valence-electron chi connectivity index (χ1n) is 22.0. The summed E-state index contributed by atoms with van der Waals surface area (Å²) in [7, 11) is 1.59. The third-order valence-electron chi connectivity index (χ3n) is 13.2. The fourth-order valence-corrected chi connectivity index (χ4v) is 9.23. The van der Waals surface area contributed by atoms with Crippen molar-refractivity contribution >= 4 is 21.8 Å². The summed E-state index contributed by atoms with van der Waals surface area (Å²) in [6.45, 7) is 8.11. The van der Waals surface area contributed by atoms with Gasteiger partial charge in [-0.25, -0.2) is 14.4 Å². The maximum atomic E-state index is 13.5. The Morgan fingerprint density at radius 2 is 1.00 bits per heavy atom. The van der Waals surface area contributed by atoms with E-state index < -0.39 is 5.82 Å². The fraction of sp³-hybridized carbons (Fsp3) is 0.429. The van der Waals surface area contributed by atoms with Gasteiger partial charge < -0.3 is 24.0 Å². The van der Waals surface area contributed by atoms with E-state index in [0.717, 1.165) is 86.8 Å². The summed E-state index contributed by atoms with van der Waals surface area (Å²) in [6, 6.07) is 26.4. The lowest BCUT2D eigenvalue weighted by molar-refractivity contribution is 0.0492. The molecule has 0 N–H and O–H groups in total. The maximum absolute atomic E-state index is 13.5. The Kier molecular flexibility index (Phi) is 11.9. The molecule has 0 amide bonds. The lowest BCUT2D eigenvalue weighted by Gasteiger charge is -2.41. The summed E-state index contributed by atoms with van der Waals surface area (Å²) in [5, 5.41) is 0.948. The van der Waals surface area contributed by atoms with Crippen LogP contribution < -0.4 is 25.3 Å². The van der Waals surface area contributed by atoms with E-state index in [9.17, 15) is 14.0 Å². The SMILES string of the molecule is COc1ccc2nc(C)n(-c3ccc(OC4CCN(C5CCC5)CC4)cc3)c(=O)c2c1.Cc1nc2cc(F)ccc2c(=O)n1-c1ccc(OC2CCN(C3CCC3)CC2)cc1. The molecule has 0 bridgehead atoms. The van der Waals surface area contributed by atoms with Gasteiger partial charge in [-0.3, -0.25) is 18.7 Å². The van der Waals surface area contributed by atoms with Crippen molar-refractivity contribution in [3.8, 4) is 28.6 Å². The molecule has 4 aliphatic rings. The van der Waals surface area contributed by atoms with E-state index in [4.69, 9.17) is 14.2 Å². The molecule has 0 radical (unpaired) electrons. The third kappa shape index (κ3) is 8.79. The van der Waals surface area contributed by atoms with E-state index in [1.54, 1.807) is 29.2 Å². The minimum atomic E-state index is -0.397. The van der Waals surface area contributed by atoms with Gasteiger partial charge in [-0.05, 0) is 144 Å². The number of aryl methyl sites for hydroxylation is 2. The molecule has 6 aromatic rings. The molecule has 11 nitrogen and oxygen atoms in total. The standard InChI is InChI=1S/C25H29N3O3.C24H26FN3O2/c1-17-26-24-11-10-22(30-2)16-23(24)25(29)28(17)19-6-8-20(9-7-19)31-21-12-14-27(15-13-21)18-4-3-5-18;1-16-26-23-15-17(25)5-10-22(23)24(29)28(16)19-6-8-20(9-7-19)30-21-11-13-27(14-12-21)18-3-2-4-18/h6-11,16,18,21H,3-5,12-15H2,1-2H3;5-10,15,18,21H,2-4,11-14H2,1H3. The minimum absolute atomic E-state index is 0.0987. The van der Waals surface area contributed by atoms with Gasteiger partial charge in [-0.2, -0.15) is 0 Å². The highest BCUT2D eigenvalue weighted by Gasteiger charge is 2.30. The van der Waals surface area contributed by atoms with Crippen LogP contribution >= 0.6 is 0 Å². The van der Waals surface area contributed by atoms with E-state index in [1.807, 2.05) is 67.6 Å². The zero-order chi connectivity index (χ0) is 42.0. The van der Waals surface area contributed by atoms with Gasteiger partial charge in [0.15, 0.2) is 0 Å². The quantitative estimate of drug-likeness (QED) is 0.142. The number of aromatic nitrogens is 4. The number of benzene rings is 4. The molecule has 2 aliphatic heterocycles. The predicted octanol–water partition coefficient (Wildman–Crippen LogP) is 8.33. The molecule has 0 atom stereocenters. The van der Waals surface area contributed by atoms with Crippen LogP contribution in [0, 0.1) is 19.7 Å². The van der Waals surface area contributed by atoms with Crippen molar-refractivity contribution in [2.24, 2.45) is 0 Å². The van der Waals surface area contributed by atoms with E-state index in [0.29, 0.717) is 39.2 Å². The molecule has 61 heavy (non-hydrogen) atoms. The number of hydrogen-bond donors (Lipinski definition) is 0. The molecule has 12 heteroatoms. The highest BCUT2D eigenvalue weighted by atomic mass is 19.1. The summed E-state index contributed by atoms with van der Waals surface area (Å²) in [5.41, 5.74) is 2.26. The molecule has 4 heterocycles. The Balaban J connectivity index is 0.000000156. The van der Waals surface area contributed by atoms with Crippen LogP contribution in [0.5, 0.6) is 17.2 Å². The summed E-state index contributed by atoms with van der Waals surface area (Å²) in [4.78, 5) is 40.4. The second-order valence-corrected chi connectivity index (χ2v) is 17.0. The van der Waals surface area contributed by atoms with Crippen molar-refractivity contribution < 1.29 is 18.6 Å². The van der Waals surface area contributed by atoms with Crippen molar-refractivity contribution in [1.29, 1.82) is 0 Å². The Labute approximate surface area is 355 Å². The molecular weight excluding hydrogens is 772 g/mol. The molecule has 2 saturated heterocycles. The van der Waals surface area contributed by atoms with Gasteiger partial charge in [0.1, 0.15) is 46.9 Å². The lowest BCUT2D eigenvalue weighted by atomic mass is 9.90. The van der Waals surface area contributed by atoms with Crippen LogP contribution in [0.2, 0.25) is 0 Å². The second-order valence-electron chi connectivity index (χ2n) is 17.0. The minimum Gasteiger partial charge on any atom is -0.497 e. The summed E-state index contributed by atoms with van der Waals surface area (Å²) >= 11 is 0. The van der Waals surface area contributed by atoms with Gasteiger partial charge in [0.25, 0.3) is 11.1 Å². The Morgan fingerprint density at radius 3 is 1.46 bits per heavy atom. The molecule has 318 valence electrons. The van der Waals surface area contributed by atoms with Crippen LogP contribution in [0.15, 0.2) is 94.5 Å². The molecule has 4 aromatic carbocycles. The average molecular weight is 827 g/mol. The monoisotopic (exact) mass is 826 g/mol. The highest BCUT2D eigenvalue weighted by molar-refractivity contribution is 5.80. The fourth-order valence-electron chi connectivity index (χ4n) is 9.23. The third-order valence-corrected chi connectivity index (χ3v) is 13.2. The van der Waals surface area contributed by atoms with Crippen LogP contribution in [0.25, 0.3) is 33.2 Å². The van der Waals surface area contributed by atoms with E-state index in [2.05, 4.69) is 19.8 Å². The van der Waals surface area contributed by atoms with Gasteiger partial charge >= 0.3 is 0 Å². The summed E-state index contributed by atoms with van der Waals surface area (Å²) < 4.78 is 34.4. The molecule has 0 spiro atoms. The number of ether oxygens (including phenoxy) is 3. The molecule has 2 saturated carbocycles. The van der Waals surface area contributed by atoms with Crippen LogP contribution in [0.1, 0.15) is 75.9 Å². The molecular formula is C49H55FN6O5. The topological polar surface area (TPSA) is 104 Å². The Morgan fingerprint density at radius 1 is 0.541 bits per heavy atom. The van der Waals surface area contributed by atoms with Crippen molar-refractivity contribution in [2.75, 3.05) is 33.3 Å². The van der Waals surface area contributed by atoms with Gasteiger partial charge in [-0.1, -0.05) is 12.8 Å². The van der Waals surface area contributed by atoms with E-state index in [-0.39, 0.29) is 23.3 Å². The maximum Gasteiger partial charge on any atom is 0.266 e. The summed E-state index contributed by atoms with van der Waals surface area (Å²) in [5.74, 6) is 3.10. The summed E-state index contributed by atoms with van der Waals surface area (Å²) in [6.07, 6.45) is 13.0. The van der Waals surface area contributed by atoms with Crippen LogP contribution in [-0.4, -0.2) is 86.5 Å². The number of likely N-dealkylation sites (tertiary alicyclic amines) is 2. The molecule has 2 aliphatic carbocycles. The van der Waals surface area contributed by atoms with Gasteiger partial charge in [0.2, 0.25) is 0 Å². The van der Waals surface area contributed by atoms with Gasteiger partial charge in [0.05, 0.1) is 40.3 Å². The van der Waals surface area contributed by atoms with Crippen molar-refractivity contribution in [3.05, 3.63) is 123 Å². The first-order chi connectivity index (χ1) is 29.7. The van der Waals surface area contributed by atoms with Crippen molar-refractivity contribution in [3.63, 3.8) is 0 Å². The van der Waals surface area contributed by atoms with Crippen molar-refractivity contribution in [2.45, 2.75) is 102 Å². The van der Waals surface area contributed by atoms with Crippen LogP contribution in [0.3, 0.4) is 0 Å². The Bertz CT molecular complexity index is 2610. The molecule has 10 rings (SSSR count). The first kappa shape index (κ1) is 40.8. The van der Waals surface area contributed by atoms with Crippen LogP contribution in [-0.2, 0) is 0 Å². The van der Waals surface area contributed by atoms with Gasteiger partial charge in [-0.15, -0.1) is 0 Å². The Hall–Kier alpha value is -5.59. The number of piperidine rings is 2. The number of nitrogens with zero attached hydrogens (tertiary/aromatic N) is 6. The lowest BCUT2D eigenvalue weighted by Crippen LogP contribution is -2.46. The number of rotatable bonds is 9. The second kappa shape index (κ2) is 17.8.